The minimum Gasteiger partial charge on any atom is -0.495 e. The van der Waals surface area contributed by atoms with Crippen molar-refractivity contribution in [1.82, 2.24) is 9.97 Å². The number of aliphatic hydroxyl groups excluding tert-OH is 1. The highest BCUT2D eigenvalue weighted by molar-refractivity contribution is 5.94. The van der Waals surface area contributed by atoms with E-state index in [1.807, 2.05) is 36.4 Å². The fourth-order valence-electron chi connectivity index (χ4n) is 3.57. The molecular weight excluding hydrogens is 436 g/mol. The second-order valence-corrected chi connectivity index (χ2v) is 7.73. The van der Waals surface area contributed by atoms with Crippen LogP contribution in [0.25, 0.3) is 11.3 Å². The number of rotatable bonds is 8. The summed E-state index contributed by atoms with van der Waals surface area (Å²) in [4.78, 5) is 23.0. The first-order valence-corrected chi connectivity index (χ1v) is 11.0. The van der Waals surface area contributed by atoms with Crippen LogP contribution in [0.2, 0.25) is 0 Å². The van der Waals surface area contributed by atoms with Crippen LogP contribution in [0.15, 0.2) is 54.7 Å². The predicted molar refractivity (Wildman–Crippen MR) is 130 cm³/mol. The highest BCUT2D eigenvalue weighted by Gasteiger charge is 2.16. The normalized spacial score (nSPS) is 14.4. The summed E-state index contributed by atoms with van der Waals surface area (Å²) < 4.78 is 11.1. The zero-order valence-corrected chi connectivity index (χ0v) is 18.9. The van der Waals surface area contributed by atoms with Gasteiger partial charge in [-0.25, -0.2) is 9.97 Å². The Hall–Kier alpha value is -3.73. The lowest BCUT2D eigenvalue weighted by Gasteiger charge is -2.30. The number of benzene rings is 2. The van der Waals surface area contributed by atoms with Crippen LogP contribution < -0.4 is 26.0 Å². The van der Waals surface area contributed by atoms with Crippen LogP contribution in [0, 0.1) is 0 Å². The Balaban J connectivity index is 1.47. The van der Waals surface area contributed by atoms with Gasteiger partial charge in [0, 0.05) is 42.3 Å². The molecule has 1 aromatic heterocycles. The van der Waals surface area contributed by atoms with Crippen molar-refractivity contribution >= 4 is 28.9 Å². The van der Waals surface area contributed by atoms with Crippen LogP contribution in [0.3, 0.4) is 0 Å². The molecule has 0 radical (unpaired) electrons. The summed E-state index contributed by atoms with van der Waals surface area (Å²) >= 11 is 0. The number of amides is 1. The third kappa shape index (κ3) is 5.60. The van der Waals surface area contributed by atoms with Gasteiger partial charge < -0.3 is 35.8 Å². The Morgan fingerprint density at radius 2 is 1.91 bits per heavy atom. The van der Waals surface area contributed by atoms with Crippen LogP contribution in [0.1, 0.15) is 0 Å². The van der Waals surface area contributed by atoms with Gasteiger partial charge in [0.2, 0.25) is 11.9 Å². The maximum Gasteiger partial charge on any atom is 0.243 e. The van der Waals surface area contributed by atoms with E-state index < -0.39 is 18.6 Å². The highest BCUT2D eigenvalue weighted by atomic mass is 16.5. The maximum atomic E-state index is 11.8. The van der Waals surface area contributed by atoms with Crippen molar-refractivity contribution in [3.05, 3.63) is 54.7 Å². The molecule has 178 valence electrons. The number of nitrogens with two attached hydrogens (primary N) is 1. The number of nitrogens with one attached hydrogen (secondary N) is 2. The lowest BCUT2D eigenvalue weighted by Crippen LogP contribution is -2.38. The molecule has 1 fully saturated rings. The molecule has 5 N–H and O–H groups in total. The molecule has 10 nitrogen and oxygen atoms in total. The van der Waals surface area contributed by atoms with Crippen molar-refractivity contribution in [3.63, 3.8) is 0 Å². The third-order valence-corrected chi connectivity index (χ3v) is 5.42. The van der Waals surface area contributed by atoms with Gasteiger partial charge in [-0.05, 0) is 30.3 Å². The predicted octanol–water partition coefficient (Wildman–Crippen LogP) is 1.99. The maximum absolute atomic E-state index is 11.8. The molecule has 10 heteroatoms. The fraction of sp³-hybridized carbons (Fsp3) is 0.292. The minimum absolute atomic E-state index is 0.414. The Bertz CT molecular complexity index is 1120. The van der Waals surface area contributed by atoms with Crippen LogP contribution in [-0.2, 0) is 9.53 Å². The lowest BCUT2D eigenvalue weighted by atomic mass is 10.1. The number of hydrogen-bond acceptors (Lipinski definition) is 9. The second kappa shape index (κ2) is 10.9. The molecule has 2 aromatic carbocycles. The van der Waals surface area contributed by atoms with Gasteiger partial charge in [0.1, 0.15) is 11.8 Å². The Morgan fingerprint density at radius 3 is 2.62 bits per heavy atom. The first-order valence-electron chi connectivity index (χ1n) is 11.0. The monoisotopic (exact) mass is 464 g/mol. The Labute approximate surface area is 197 Å². The first-order chi connectivity index (χ1) is 16.6. The number of hydrogen-bond donors (Lipinski definition) is 4. The fourth-order valence-corrected chi connectivity index (χ4v) is 3.57. The van der Waals surface area contributed by atoms with Crippen molar-refractivity contribution in [3.8, 4) is 17.0 Å². The summed E-state index contributed by atoms with van der Waals surface area (Å²) in [6.45, 7) is 2.64. The molecule has 0 unspecified atom stereocenters. The van der Waals surface area contributed by atoms with Crippen LogP contribution >= 0.6 is 0 Å². The van der Waals surface area contributed by atoms with E-state index in [9.17, 15) is 4.79 Å². The summed E-state index contributed by atoms with van der Waals surface area (Å²) in [5, 5.41) is 14.9. The quantitative estimate of drug-likeness (QED) is 0.395. The number of aliphatic hydroxyl groups is 1. The zero-order chi connectivity index (χ0) is 23.9. The van der Waals surface area contributed by atoms with E-state index in [-0.39, 0.29) is 0 Å². The number of nitrogens with zero attached hydrogens (tertiary/aromatic N) is 3. The van der Waals surface area contributed by atoms with E-state index in [4.69, 9.17) is 20.3 Å². The molecular formula is C24H28N6O4. The topological polar surface area (TPSA) is 135 Å². The van der Waals surface area contributed by atoms with E-state index in [1.165, 1.54) is 0 Å². The molecule has 3 aromatic rings. The molecule has 1 aliphatic heterocycles. The van der Waals surface area contributed by atoms with Gasteiger partial charge in [-0.3, -0.25) is 4.79 Å². The number of anilines is 4. The van der Waals surface area contributed by atoms with Gasteiger partial charge in [0.25, 0.3) is 0 Å². The van der Waals surface area contributed by atoms with E-state index in [0.29, 0.717) is 24.8 Å². The molecule has 34 heavy (non-hydrogen) atoms. The van der Waals surface area contributed by atoms with Crippen molar-refractivity contribution in [1.29, 1.82) is 0 Å². The summed E-state index contributed by atoms with van der Waals surface area (Å²) in [6, 6.07) is 13.9. The van der Waals surface area contributed by atoms with Crippen LogP contribution in [-0.4, -0.2) is 67.0 Å². The molecule has 0 bridgehead atoms. The van der Waals surface area contributed by atoms with Gasteiger partial charge in [0.15, 0.2) is 0 Å². The number of carbonyl (C=O) groups excluding carboxylic acids is 1. The first kappa shape index (κ1) is 23.4. The molecule has 1 saturated heterocycles. The van der Waals surface area contributed by atoms with Crippen LogP contribution in [0.4, 0.5) is 23.0 Å². The number of aromatic nitrogens is 2. The Kier molecular flexibility index (Phi) is 7.53. The molecule has 1 amide bonds. The van der Waals surface area contributed by atoms with E-state index >= 15 is 0 Å². The molecule has 1 atom stereocenters. The molecule has 2 heterocycles. The summed E-state index contributed by atoms with van der Waals surface area (Å²) in [7, 11) is 1.66. The SMILES string of the molecule is COc1cc(Nc2nccc(-c3ccc(NC(=O)[C@@H](N)CO)cc3)n2)ccc1N1CCOCC1. The largest absolute Gasteiger partial charge is 0.495 e. The summed E-state index contributed by atoms with van der Waals surface area (Å²) in [5.41, 5.74) is 9.52. The van der Waals surface area contributed by atoms with Gasteiger partial charge >= 0.3 is 0 Å². The zero-order valence-electron chi connectivity index (χ0n) is 18.9. The van der Waals surface area contributed by atoms with Gasteiger partial charge in [-0.15, -0.1) is 0 Å². The van der Waals surface area contributed by atoms with Crippen molar-refractivity contribution in [2.45, 2.75) is 6.04 Å². The minimum atomic E-state index is -0.961. The summed E-state index contributed by atoms with van der Waals surface area (Å²) in [5.74, 6) is 0.769. The number of ether oxygens (including phenoxy) is 2. The second-order valence-electron chi connectivity index (χ2n) is 7.73. The van der Waals surface area contributed by atoms with Crippen molar-refractivity contribution in [2.75, 3.05) is 55.6 Å². The van der Waals surface area contributed by atoms with Gasteiger partial charge in [-0.2, -0.15) is 0 Å². The summed E-state index contributed by atoms with van der Waals surface area (Å²) in [6.07, 6.45) is 1.68. The molecule has 0 spiro atoms. The van der Waals surface area contributed by atoms with E-state index in [1.54, 1.807) is 25.4 Å². The van der Waals surface area contributed by atoms with E-state index in [2.05, 4.69) is 25.5 Å². The highest BCUT2D eigenvalue weighted by Crippen LogP contribution is 2.32. The third-order valence-electron chi connectivity index (χ3n) is 5.42. The number of morpholine rings is 1. The van der Waals surface area contributed by atoms with E-state index in [0.717, 1.165) is 41.5 Å². The molecule has 4 rings (SSSR count). The van der Waals surface area contributed by atoms with Gasteiger partial charge in [0.05, 0.1) is 38.3 Å². The lowest BCUT2D eigenvalue weighted by molar-refractivity contribution is -0.118. The average molecular weight is 465 g/mol. The van der Waals surface area contributed by atoms with Crippen LogP contribution in [0.5, 0.6) is 5.75 Å². The van der Waals surface area contributed by atoms with Crippen molar-refractivity contribution < 1.29 is 19.4 Å². The van der Waals surface area contributed by atoms with Gasteiger partial charge in [-0.1, -0.05) is 12.1 Å². The standard InChI is InChI=1S/C24H28N6O4/c1-33-22-14-18(6-7-21(22)30-10-12-34-13-11-30)28-24-26-9-8-20(29-24)16-2-4-17(5-3-16)27-23(32)19(25)15-31/h2-9,14,19,31H,10-13,15,25H2,1H3,(H,27,32)(H,26,28,29)/t19-/m0/s1. The number of methoxy groups -OCH3 is 1. The Morgan fingerprint density at radius 1 is 1.18 bits per heavy atom. The molecule has 1 aliphatic rings. The smallest absolute Gasteiger partial charge is 0.243 e. The average Bonchev–Trinajstić information content (AvgIpc) is 2.89. The molecule has 0 saturated carbocycles. The van der Waals surface area contributed by atoms with Crippen molar-refractivity contribution in [2.24, 2.45) is 5.73 Å². The molecule has 0 aliphatic carbocycles. The number of carbonyl (C=O) groups is 1.